The second-order valence-electron chi connectivity index (χ2n) is 4.59. The third-order valence-electron chi connectivity index (χ3n) is 2.50. The zero-order valence-corrected chi connectivity index (χ0v) is 12.6. The van der Waals surface area contributed by atoms with Crippen LogP contribution >= 0.6 is 11.8 Å². The third-order valence-corrected chi connectivity index (χ3v) is 3.35. The fraction of sp³-hybridized carbons (Fsp3) is 0.333. The molecule has 2 aromatic heterocycles. The van der Waals surface area contributed by atoms with Crippen molar-refractivity contribution in [2.45, 2.75) is 25.0 Å². The van der Waals surface area contributed by atoms with Crippen LogP contribution in [0.1, 0.15) is 19.9 Å². The van der Waals surface area contributed by atoms with Gasteiger partial charge >= 0.3 is 0 Å². The molecule has 112 valence electrons. The van der Waals surface area contributed by atoms with Crippen LogP contribution in [0, 0.1) is 0 Å². The van der Waals surface area contributed by atoms with Crippen LogP contribution in [0.2, 0.25) is 0 Å². The zero-order valence-electron chi connectivity index (χ0n) is 11.8. The second-order valence-corrected chi connectivity index (χ2v) is 5.53. The van der Waals surface area contributed by atoms with Crippen molar-refractivity contribution in [2.24, 2.45) is 0 Å². The van der Waals surface area contributed by atoms with Crippen molar-refractivity contribution in [1.29, 1.82) is 0 Å². The molecular weight excluding hydrogens is 290 g/mol. The Labute approximate surface area is 126 Å². The molecule has 2 heterocycles. The maximum atomic E-state index is 11.9. The molecular formula is C12H17N7OS. The number of aromatic nitrogens is 4. The van der Waals surface area contributed by atoms with Crippen LogP contribution in [-0.4, -0.2) is 31.4 Å². The number of thioether (sulfide) groups is 1. The molecule has 0 atom stereocenters. The lowest BCUT2D eigenvalue weighted by Gasteiger charge is -2.11. The quantitative estimate of drug-likeness (QED) is 0.559. The van der Waals surface area contributed by atoms with Gasteiger partial charge in [-0.3, -0.25) is 4.79 Å². The fourth-order valence-electron chi connectivity index (χ4n) is 1.66. The van der Waals surface area contributed by atoms with Crippen molar-refractivity contribution in [2.75, 3.05) is 22.5 Å². The first-order chi connectivity index (χ1) is 9.95. The number of nitrogens with zero attached hydrogens (tertiary/aromatic N) is 4. The van der Waals surface area contributed by atoms with Gasteiger partial charge in [0, 0.05) is 18.2 Å². The van der Waals surface area contributed by atoms with Gasteiger partial charge in [-0.1, -0.05) is 11.8 Å². The number of nitrogens with two attached hydrogens (primary N) is 2. The lowest BCUT2D eigenvalue weighted by molar-refractivity contribution is -0.113. The van der Waals surface area contributed by atoms with E-state index < -0.39 is 0 Å². The van der Waals surface area contributed by atoms with E-state index in [2.05, 4.69) is 20.4 Å². The lowest BCUT2D eigenvalue weighted by atomic mass is 10.4. The summed E-state index contributed by atoms with van der Waals surface area (Å²) in [6.45, 7) is 3.97. The van der Waals surface area contributed by atoms with Crippen molar-refractivity contribution in [1.82, 2.24) is 19.7 Å². The van der Waals surface area contributed by atoms with E-state index in [1.165, 1.54) is 17.8 Å². The van der Waals surface area contributed by atoms with E-state index in [0.29, 0.717) is 11.0 Å². The molecule has 1 amide bonds. The van der Waals surface area contributed by atoms with E-state index in [4.69, 9.17) is 11.5 Å². The summed E-state index contributed by atoms with van der Waals surface area (Å²) in [5.74, 6) is 1.20. The molecule has 0 radical (unpaired) electrons. The first kappa shape index (κ1) is 15.1. The molecule has 0 saturated carbocycles. The molecule has 21 heavy (non-hydrogen) atoms. The molecule has 2 aromatic rings. The van der Waals surface area contributed by atoms with Crippen LogP contribution in [0.15, 0.2) is 23.5 Å². The maximum absolute atomic E-state index is 11.9. The smallest absolute Gasteiger partial charge is 0.235 e. The monoisotopic (exact) mass is 307 g/mol. The van der Waals surface area contributed by atoms with Gasteiger partial charge in [0.15, 0.2) is 5.16 Å². The molecule has 0 aliphatic carbocycles. The summed E-state index contributed by atoms with van der Waals surface area (Å²) in [6.07, 6.45) is 1.64. The van der Waals surface area contributed by atoms with Crippen LogP contribution in [0.25, 0.3) is 0 Å². The Morgan fingerprint density at radius 1 is 1.38 bits per heavy atom. The van der Waals surface area contributed by atoms with E-state index >= 15 is 0 Å². The molecule has 2 rings (SSSR count). The number of nitrogen functional groups attached to an aromatic ring is 2. The molecule has 0 aliphatic rings. The normalized spacial score (nSPS) is 10.8. The molecule has 5 N–H and O–H groups in total. The number of anilines is 3. The van der Waals surface area contributed by atoms with E-state index in [-0.39, 0.29) is 29.3 Å². The van der Waals surface area contributed by atoms with Gasteiger partial charge in [0.2, 0.25) is 5.91 Å². The van der Waals surface area contributed by atoms with Crippen LogP contribution in [0.3, 0.4) is 0 Å². The van der Waals surface area contributed by atoms with Gasteiger partial charge in [-0.25, -0.2) is 14.6 Å². The summed E-state index contributed by atoms with van der Waals surface area (Å²) < 4.78 is 1.73. The van der Waals surface area contributed by atoms with E-state index in [1.54, 1.807) is 16.9 Å². The van der Waals surface area contributed by atoms with Crippen molar-refractivity contribution < 1.29 is 4.79 Å². The Kier molecular flexibility index (Phi) is 4.63. The highest BCUT2D eigenvalue weighted by Gasteiger charge is 2.11. The van der Waals surface area contributed by atoms with Crippen LogP contribution in [0.4, 0.5) is 17.5 Å². The third kappa shape index (κ3) is 4.09. The van der Waals surface area contributed by atoms with Crippen molar-refractivity contribution in [3.63, 3.8) is 0 Å². The minimum absolute atomic E-state index is 0.159. The summed E-state index contributed by atoms with van der Waals surface area (Å²) in [4.78, 5) is 19.9. The molecule has 8 nitrogen and oxygen atoms in total. The van der Waals surface area contributed by atoms with Gasteiger partial charge in [0.25, 0.3) is 0 Å². The average Bonchev–Trinajstić information content (AvgIpc) is 2.83. The fourth-order valence-corrected chi connectivity index (χ4v) is 2.33. The Morgan fingerprint density at radius 2 is 2.05 bits per heavy atom. The van der Waals surface area contributed by atoms with Crippen molar-refractivity contribution >= 4 is 35.1 Å². The first-order valence-electron chi connectivity index (χ1n) is 6.32. The van der Waals surface area contributed by atoms with Crippen molar-refractivity contribution in [3.05, 3.63) is 18.3 Å². The number of carbonyl (C=O) groups excluding carboxylic acids is 1. The summed E-state index contributed by atoms with van der Waals surface area (Å²) in [5.41, 5.74) is 11.1. The molecule has 0 aromatic carbocycles. The van der Waals surface area contributed by atoms with Gasteiger partial charge in [-0.05, 0) is 13.8 Å². The van der Waals surface area contributed by atoms with Crippen LogP contribution in [0.5, 0.6) is 0 Å². The Bertz CT molecular complexity index is 620. The SMILES string of the molecule is CC(C)n1nccc1NC(=O)CSc1nc(N)cc(N)n1. The largest absolute Gasteiger partial charge is 0.383 e. The van der Waals surface area contributed by atoms with Crippen LogP contribution in [-0.2, 0) is 4.79 Å². The van der Waals surface area contributed by atoms with Gasteiger partial charge < -0.3 is 16.8 Å². The highest BCUT2D eigenvalue weighted by Crippen LogP contribution is 2.17. The predicted octanol–water partition coefficient (Wildman–Crippen LogP) is 1.15. The molecule has 9 heteroatoms. The molecule has 0 spiro atoms. The Morgan fingerprint density at radius 3 is 2.67 bits per heavy atom. The number of carbonyl (C=O) groups is 1. The number of hydrogen-bond donors (Lipinski definition) is 3. The Hall–Kier alpha value is -2.29. The molecule has 0 fully saturated rings. The molecule has 0 bridgehead atoms. The number of amides is 1. The first-order valence-corrected chi connectivity index (χ1v) is 7.30. The predicted molar refractivity (Wildman–Crippen MR) is 82.8 cm³/mol. The number of hydrogen-bond acceptors (Lipinski definition) is 7. The van der Waals surface area contributed by atoms with Gasteiger partial charge in [-0.15, -0.1) is 0 Å². The van der Waals surface area contributed by atoms with E-state index in [1.807, 2.05) is 13.8 Å². The Balaban J connectivity index is 1.94. The highest BCUT2D eigenvalue weighted by molar-refractivity contribution is 7.99. The summed E-state index contributed by atoms with van der Waals surface area (Å²) in [5, 5.41) is 7.32. The molecule has 0 saturated heterocycles. The zero-order chi connectivity index (χ0) is 15.4. The number of nitrogens with one attached hydrogen (secondary N) is 1. The number of rotatable bonds is 5. The maximum Gasteiger partial charge on any atom is 0.235 e. The average molecular weight is 307 g/mol. The highest BCUT2D eigenvalue weighted by atomic mass is 32.2. The summed E-state index contributed by atoms with van der Waals surface area (Å²) >= 11 is 1.17. The minimum Gasteiger partial charge on any atom is -0.383 e. The van der Waals surface area contributed by atoms with Crippen LogP contribution < -0.4 is 16.8 Å². The summed E-state index contributed by atoms with van der Waals surface area (Å²) in [7, 11) is 0. The second kappa shape index (κ2) is 6.44. The standard InChI is InChI=1S/C12H17N7OS/c1-7(2)19-10(3-4-15-19)18-11(20)6-21-12-16-8(13)5-9(14)17-12/h3-5,7H,6H2,1-2H3,(H,18,20)(H4,13,14,16,17). The topological polar surface area (TPSA) is 125 Å². The summed E-state index contributed by atoms with van der Waals surface area (Å²) in [6, 6.07) is 3.38. The van der Waals surface area contributed by atoms with Gasteiger partial charge in [-0.2, -0.15) is 5.10 Å². The molecule has 0 unspecified atom stereocenters. The molecule has 0 aliphatic heterocycles. The van der Waals surface area contributed by atoms with Gasteiger partial charge in [0.05, 0.1) is 11.9 Å². The van der Waals surface area contributed by atoms with E-state index in [0.717, 1.165) is 0 Å². The van der Waals surface area contributed by atoms with E-state index in [9.17, 15) is 4.79 Å². The van der Waals surface area contributed by atoms with Crippen molar-refractivity contribution in [3.8, 4) is 0 Å². The minimum atomic E-state index is -0.174. The van der Waals surface area contributed by atoms with Gasteiger partial charge in [0.1, 0.15) is 17.5 Å². The lowest BCUT2D eigenvalue weighted by Crippen LogP contribution is -2.18.